The first-order valence-electron chi connectivity index (χ1n) is 11.8. The second-order valence-electron chi connectivity index (χ2n) is 10.3. The molecule has 1 aliphatic carbocycles. The van der Waals surface area contributed by atoms with Gasteiger partial charge in [0.25, 0.3) is 5.91 Å². The molecule has 1 aromatic carbocycles. The quantitative estimate of drug-likeness (QED) is 0.649. The van der Waals surface area contributed by atoms with Gasteiger partial charge in [-0.3, -0.25) is 4.79 Å². The molecule has 2 atom stereocenters. The average molecular weight is 485 g/mol. The van der Waals surface area contributed by atoms with E-state index in [1.807, 2.05) is 18.2 Å². The first-order valence-corrected chi connectivity index (χ1v) is 13.7. The molecule has 2 aliphatic heterocycles. The number of hydrogen-bond acceptors (Lipinski definition) is 7. The molecule has 3 fully saturated rings. The van der Waals surface area contributed by atoms with Gasteiger partial charge < -0.3 is 15.5 Å². The molecule has 5 rings (SSSR count). The molecule has 1 aromatic heterocycles. The van der Waals surface area contributed by atoms with E-state index >= 15 is 0 Å². The molecule has 9 nitrogen and oxygen atoms in total. The van der Waals surface area contributed by atoms with Crippen LogP contribution in [0.15, 0.2) is 36.5 Å². The highest BCUT2D eigenvalue weighted by molar-refractivity contribution is 7.88. The van der Waals surface area contributed by atoms with Gasteiger partial charge in [-0.1, -0.05) is 13.8 Å². The molecule has 3 heterocycles. The Morgan fingerprint density at radius 1 is 1.06 bits per heavy atom. The van der Waals surface area contributed by atoms with Gasteiger partial charge in [0.15, 0.2) is 0 Å². The molecule has 2 aromatic rings. The van der Waals surface area contributed by atoms with Gasteiger partial charge in [0.1, 0.15) is 5.82 Å². The minimum atomic E-state index is -3.17. The number of carbonyl (C=O) groups is 1. The highest BCUT2D eigenvalue weighted by Crippen LogP contribution is 2.62. The smallest absolute Gasteiger partial charge is 0.251 e. The molecule has 10 heteroatoms. The normalized spacial score (nSPS) is 24.5. The van der Waals surface area contributed by atoms with E-state index in [1.54, 1.807) is 18.3 Å². The van der Waals surface area contributed by atoms with Crippen molar-refractivity contribution in [3.63, 3.8) is 0 Å². The van der Waals surface area contributed by atoms with E-state index < -0.39 is 10.0 Å². The summed E-state index contributed by atoms with van der Waals surface area (Å²) in [5.74, 6) is 2.80. The van der Waals surface area contributed by atoms with Crippen LogP contribution in [0, 0.1) is 17.3 Å². The maximum absolute atomic E-state index is 12.6. The third-order valence-electron chi connectivity index (χ3n) is 7.73. The van der Waals surface area contributed by atoms with Gasteiger partial charge in [-0.2, -0.15) is 4.98 Å². The monoisotopic (exact) mass is 484 g/mol. The van der Waals surface area contributed by atoms with Crippen LogP contribution >= 0.6 is 0 Å². The Balaban J connectivity index is 1.15. The highest BCUT2D eigenvalue weighted by atomic mass is 32.2. The predicted molar refractivity (Wildman–Crippen MR) is 132 cm³/mol. The minimum Gasteiger partial charge on any atom is -0.349 e. The van der Waals surface area contributed by atoms with E-state index in [0.717, 1.165) is 42.4 Å². The van der Waals surface area contributed by atoms with Crippen molar-refractivity contribution >= 4 is 33.4 Å². The number of amides is 1. The van der Waals surface area contributed by atoms with Gasteiger partial charge in [-0.15, -0.1) is 0 Å². The summed E-state index contributed by atoms with van der Waals surface area (Å²) in [6.07, 6.45) is 4.23. The van der Waals surface area contributed by atoms with Crippen molar-refractivity contribution in [3.05, 3.63) is 42.1 Å². The summed E-state index contributed by atoms with van der Waals surface area (Å²) in [4.78, 5) is 24.1. The first kappa shape index (κ1) is 23.0. The molecule has 0 spiro atoms. The zero-order valence-corrected chi connectivity index (χ0v) is 20.7. The third-order valence-corrected chi connectivity index (χ3v) is 9.03. The number of carbonyl (C=O) groups excluding carboxylic acids is 1. The maximum Gasteiger partial charge on any atom is 0.251 e. The van der Waals surface area contributed by atoms with E-state index in [4.69, 9.17) is 0 Å². The lowest BCUT2D eigenvalue weighted by Crippen LogP contribution is -2.46. The molecule has 0 radical (unpaired) electrons. The number of benzene rings is 1. The summed E-state index contributed by atoms with van der Waals surface area (Å²) >= 11 is 0. The molecule has 2 unspecified atom stereocenters. The van der Waals surface area contributed by atoms with Crippen molar-refractivity contribution in [1.82, 2.24) is 19.6 Å². The van der Waals surface area contributed by atoms with Gasteiger partial charge in [0.05, 0.1) is 6.26 Å². The van der Waals surface area contributed by atoms with Crippen molar-refractivity contribution < 1.29 is 13.2 Å². The van der Waals surface area contributed by atoms with Crippen LogP contribution in [-0.4, -0.2) is 67.1 Å². The van der Waals surface area contributed by atoms with E-state index in [9.17, 15) is 13.2 Å². The first-order chi connectivity index (χ1) is 16.1. The number of nitrogens with one attached hydrogen (secondary N) is 2. The largest absolute Gasteiger partial charge is 0.349 e. The standard InChI is InChI=1S/C24H32N6O3S/c1-24(2)19-14-29(15-20(19)24)23-25-11-8-21(28-23)26-17-6-4-16(5-7-17)22(31)27-18-9-12-30(13-10-18)34(3,32)33/h4-8,11,18-20H,9-10,12-15H2,1-3H3,(H,27,31)(H,25,26,28). The fourth-order valence-corrected chi connectivity index (χ4v) is 6.19. The topological polar surface area (TPSA) is 108 Å². The average Bonchev–Trinajstić information content (AvgIpc) is 3.13. The predicted octanol–water partition coefficient (Wildman–Crippen LogP) is 2.47. The molecule has 34 heavy (non-hydrogen) atoms. The lowest BCUT2D eigenvalue weighted by Gasteiger charge is -2.30. The molecule has 1 saturated carbocycles. The number of hydrogen-bond donors (Lipinski definition) is 2. The lowest BCUT2D eigenvalue weighted by molar-refractivity contribution is 0.0924. The van der Waals surface area contributed by atoms with Crippen LogP contribution in [0.1, 0.15) is 37.0 Å². The Labute approximate surface area is 201 Å². The van der Waals surface area contributed by atoms with Crippen LogP contribution in [0.2, 0.25) is 0 Å². The number of fused-ring (bicyclic) bond motifs is 1. The molecule has 182 valence electrons. The SMILES string of the molecule is CC1(C)C2CN(c3nccc(Nc4ccc(C(=O)NC5CCN(S(C)(=O)=O)CC5)cc4)n3)CC21. The van der Waals surface area contributed by atoms with Crippen molar-refractivity contribution in [2.75, 3.05) is 42.7 Å². The van der Waals surface area contributed by atoms with Gasteiger partial charge in [0, 0.05) is 49.7 Å². The molecule has 2 N–H and O–H groups in total. The number of rotatable bonds is 6. The fraction of sp³-hybridized carbons (Fsp3) is 0.542. The molecular formula is C24H32N6O3S. The number of sulfonamides is 1. The van der Waals surface area contributed by atoms with Crippen molar-refractivity contribution in [2.24, 2.45) is 17.3 Å². The number of aromatic nitrogens is 2. The van der Waals surface area contributed by atoms with Crippen LogP contribution in [0.25, 0.3) is 0 Å². The zero-order chi connectivity index (χ0) is 24.1. The second-order valence-corrected chi connectivity index (χ2v) is 12.3. The molecule has 3 aliphatic rings. The summed E-state index contributed by atoms with van der Waals surface area (Å²) in [5.41, 5.74) is 1.86. The zero-order valence-electron chi connectivity index (χ0n) is 19.9. The van der Waals surface area contributed by atoms with Crippen LogP contribution in [0.3, 0.4) is 0 Å². The van der Waals surface area contributed by atoms with Crippen LogP contribution in [-0.2, 0) is 10.0 Å². The number of nitrogens with zero attached hydrogens (tertiary/aromatic N) is 4. The van der Waals surface area contributed by atoms with Gasteiger partial charge in [0.2, 0.25) is 16.0 Å². The van der Waals surface area contributed by atoms with Crippen molar-refractivity contribution in [3.8, 4) is 0 Å². The fourth-order valence-electron chi connectivity index (χ4n) is 5.32. The molecule has 0 bridgehead atoms. The molecule has 1 amide bonds. The van der Waals surface area contributed by atoms with E-state index in [0.29, 0.717) is 36.9 Å². The molecular weight excluding hydrogens is 452 g/mol. The summed E-state index contributed by atoms with van der Waals surface area (Å²) in [5, 5.41) is 6.32. The van der Waals surface area contributed by atoms with Gasteiger partial charge in [-0.25, -0.2) is 17.7 Å². The number of piperidine rings is 2. The van der Waals surface area contributed by atoms with Gasteiger partial charge in [-0.05, 0) is 60.4 Å². The van der Waals surface area contributed by atoms with Crippen molar-refractivity contribution in [2.45, 2.75) is 32.7 Å². The Hall–Kier alpha value is -2.72. The lowest BCUT2D eigenvalue weighted by atomic mass is 10.1. The summed E-state index contributed by atoms with van der Waals surface area (Å²) < 4.78 is 24.8. The van der Waals surface area contributed by atoms with Crippen molar-refractivity contribution in [1.29, 1.82) is 0 Å². The van der Waals surface area contributed by atoms with Crippen LogP contribution < -0.4 is 15.5 Å². The summed E-state index contributed by atoms with van der Waals surface area (Å²) in [7, 11) is -3.17. The summed E-state index contributed by atoms with van der Waals surface area (Å²) in [6, 6.07) is 9.09. The van der Waals surface area contributed by atoms with E-state index in [1.165, 1.54) is 10.6 Å². The Bertz CT molecular complexity index is 1160. The Morgan fingerprint density at radius 2 is 1.71 bits per heavy atom. The van der Waals surface area contributed by atoms with Crippen LogP contribution in [0.4, 0.5) is 17.5 Å². The van der Waals surface area contributed by atoms with Gasteiger partial charge >= 0.3 is 0 Å². The Kier molecular flexibility index (Phi) is 5.76. The second kappa shape index (κ2) is 8.49. The highest BCUT2D eigenvalue weighted by Gasteiger charge is 2.62. The molecule has 2 saturated heterocycles. The third kappa shape index (κ3) is 4.61. The maximum atomic E-state index is 12.6. The number of anilines is 3. The van der Waals surface area contributed by atoms with E-state index in [2.05, 4.69) is 39.3 Å². The van der Waals surface area contributed by atoms with E-state index in [-0.39, 0.29) is 11.9 Å². The van der Waals surface area contributed by atoms with Crippen LogP contribution in [0.5, 0.6) is 0 Å². The Morgan fingerprint density at radius 3 is 2.32 bits per heavy atom. The summed E-state index contributed by atoms with van der Waals surface area (Å²) in [6.45, 7) is 7.57. The minimum absolute atomic E-state index is 0.0232.